The molecule has 124 valence electrons. The number of hydrogen-bond acceptors (Lipinski definition) is 3. The van der Waals surface area contributed by atoms with E-state index < -0.39 is 5.60 Å². The largest absolute Gasteiger partial charge is 0.444 e. The summed E-state index contributed by atoms with van der Waals surface area (Å²) in [5.74, 6) is 0. The number of nitrogens with one attached hydrogen (secondary N) is 1. The van der Waals surface area contributed by atoms with Gasteiger partial charge in [-0.25, -0.2) is 4.79 Å². The van der Waals surface area contributed by atoms with Gasteiger partial charge in [0.05, 0.1) is 0 Å². The Hall–Kier alpha value is -1.49. The van der Waals surface area contributed by atoms with Crippen molar-refractivity contribution >= 4 is 6.09 Å². The monoisotopic (exact) mass is 307 g/mol. The number of H-pyrrole nitrogens is 1. The summed E-state index contributed by atoms with van der Waals surface area (Å²) in [5, 5.41) is 0. The van der Waals surface area contributed by atoms with Crippen molar-refractivity contribution < 1.29 is 9.53 Å². The lowest BCUT2D eigenvalue weighted by Gasteiger charge is -2.32. The Kier molecular flexibility index (Phi) is 5.16. The fourth-order valence-electron chi connectivity index (χ4n) is 2.92. The average molecular weight is 307 g/mol. The Labute approximate surface area is 133 Å². The van der Waals surface area contributed by atoms with E-state index in [1.54, 1.807) is 0 Å². The van der Waals surface area contributed by atoms with Crippen molar-refractivity contribution in [1.29, 1.82) is 0 Å². The zero-order chi connectivity index (χ0) is 16.3. The molecule has 1 aromatic rings. The highest BCUT2D eigenvalue weighted by atomic mass is 16.6. The van der Waals surface area contributed by atoms with Gasteiger partial charge in [-0.15, -0.1) is 0 Å². The molecule has 0 unspecified atom stereocenters. The van der Waals surface area contributed by atoms with Crippen LogP contribution in [0.5, 0.6) is 0 Å². The number of likely N-dealkylation sites (tertiary alicyclic amines) is 1. The van der Waals surface area contributed by atoms with Crippen LogP contribution in [0.2, 0.25) is 0 Å². The van der Waals surface area contributed by atoms with Gasteiger partial charge < -0.3 is 14.6 Å². The van der Waals surface area contributed by atoms with Crippen LogP contribution in [-0.2, 0) is 4.74 Å². The van der Waals surface area contributed by atoms with Crippen LogP contribution in [0.25, 0.3) is 0 Å². The number of nitrogens with zero attached hydrogens (tertiary/aromatic N) is 2. The Bertz CT molecular complexity index is 479. The van der Waals surface area contributed by atoms with Gasteiger partial charge >= 0.3 is 6.09 Å². The van der Waals surface area contributed by atoms with E-state index in [0.29, 0.717) is 6.04 Å². The van der Waals surface area contributed by atoms with Crippen molar-refractivity contribution in [3.63, 3.8) is 0 Å². The summed E-state index contributed by atoms with van der Waals surface area (Å²) in [5.41, 5.74) is 0.762. The Morgan fingerprint density at radius 1 is 1.55 bits per heavy atom. The first-order valence-electron chi connectivity index (χ1n) is 8.11. The molecule has 0 radical (unpaired) electrons. The lowest BCUT2D eigenvalue weighted by atomic mass is 10.1. The minimum absolute atomic E-state index is 0.184. The first-order chi connectivity index (χ1) is 10.3. The molecule has 1 aliphatic heterocycles. The quantitative estimate of drug-likeness (QED) is 0.927. The third-order valence-electron chi connectivity index (χ3n) is 4.24. The minimum Gasteiger partial charge on any atom is -0.444 e. The number of amides is 1. The molecule has 22 heavy (non-hydrogen) atoms. The van der Waals surface area contributed by atoms with Gasteiger partial charge in [-0.05, 0) is 59.7 Å². The maximum atomic E-state index is 12.3. The molecule has 5 heteroatoms. The summed E-state index contributed by atoms with van der Waals surface area (Å²) in [6.45, 7) is 9.57. The van der Waals surface area contributed by atoms with Crippen molar-refractivity contribution in [3.05, 3.63) is 24.0 Å². The number of hydrogen-bond donors (Lipinski definition) is 1. The van der Waals surface area contributed by atoms with E-state index in [0.717, 1.165) is 25.9 Å². The minimum atomic E-state index is -0.437. The van der Waals surface area contributed by atoms with Gasteiger partial charge in [0, 0.05) is 37.1 Å². The molecule has 1 N–H and O–H groups in total. The number of carbonyl (C=O) groups is 1. The zero-order valence-electron chi connectivity index (χ0n) is 14.4. The van der Waals surface area contributed by atoms with Gasteiger partial charge in [0.15, 0.2) is 0 Å². The molecule has 0 aliphatic carbocycles. The highest BCUT2D eigenvalue weighted by Gasteiger charge is 2.33. The fourth-order valence-corrected chi connectivity index (χ4v) is 2.92. The van der Waals surface area contributed by atoms with Gasteiger partial charge in [0.1, 0.15) is 5.60 Å². The van der Waals surface area contributed by atoms with Crippen LogP contribution in [0, 0.1) is 0 Å². The SMILES string of the molecule is C[C@@H](c1ccc[nH]1)N(C)C[C@H]1CCCN1C(=O)OC(C)(C)C. The van der Waals surface area contributed by atoms with Gasteiger partial charge in [0.2, 0.25) is 0 Å². The maximum absolute atomic E-state index is 12.3. The Morgan fingerprint density at radius 3 is 2.86 bits per heavy atom. The molecule has 1 fully saturated rings. The fraction of sp³-hybridized carbons (Fsp3) is 0.706. The van der Waals surface area contributed by atoms with E-state index in [-0.39, 0.29) is 12.1 Å². The summed E-state index contributed by atoms with van der Waals surface area (Å²) < 4.78 is 5.53. The van der Waals surface area contributed by atoms with E-state index in [9.17, 15) is 4.79 Å². The molecule has 0 aromatic carbocycles. The molecule has 2 rings (SSSR count). The summed E-state index contributed by atoms with van der Waals surface area (Å²) in [7, 11) is 2.11. The molecule has 1 amide bonds. The van der Waals surface area contributed by atoms with E-state index >= 15 is 0 Å². The number of likely N-dealkylation sites (N-methyl/N-ethyl adjacent to an activating group) is 1. The third-order valence-corrected chi connectivity index (χ3v) is 4.24. The first-order valence-corrected chi connectivity index (χ1v) is 8.11. The predicted octanol–water partition coefficient (Wildman–Crippen LogP) is 3.41. The van der Waals surface area contributed by atoms with Crippen LogP contribution in [0.4, 0.5) is 4.79 Å². The predicted molar refractivity (Wildman–Crippen MR) is 87.8 cm³/mol. The van der Waals surface area contributed by atoms with Gasteiger partial charge in [-0.2, -0.15) is 0 Å². The van der Waals surface area contributed by atoms with E-state index in [4.69, 9.17) is 4.74 Å². The molecule has 0 bridgehead atoms. The van der Waals surface area contributed by atoms with Crippen LogP contribution < -0.4 is 0 Å². The van der Waals surface area contributed by atoms with Gasteiger partial charge in [-0.3, -0.25) is 4.90 Å². The van der Waals surface area contributed by atoms with Crippen LogP contribution in [-0.4, -0.2) is 52.7 Å². The van der Waals surface area contributed by atoms with Crippen molar-refractivity contribution in [2.45, 2.75) is 58.2 Å². The summed E-state index contributed by atoms with van der Waals surface area (Å²) in [6.07, 6.45) is 3.86. The molecular weight excluding hydrogens is 278 g/mol. The van der Waals surface area contributed by atoms with Crippen LogP contribution in [0.3, 0.4) is 0 Å². The molecule has 5 nitrogen and oxygen atoms in total. The van der Waals surface area contributed by atoms with Crippen LogP contribution in [0.1, 0.15) is 52.3 Å². The molecule has 2 heterocycles. The number of carbonyl (C=O) groups excluding carboxylic acids is 1. The number of rotatable bonds is 4. The Morgan fingerprint density at radius 2 is 2.27 bits per heavy atom. The maximum Gasteiger partial charge on any atom is 0.410 e. The van der Waals surface area contributed by atoms with Crippen LogP contribution in [0.15, 0.2) is 18.3 Å². The first kappa shape index (κ1) is 16.9. The standard InChI is InChI=1S/C17H29N3O2/c1-13(15-9-6-10-18-15)19(5)12-14-8-7-11-20(14)16(21)22-17(2,3)4/h6,9-10,13-14,18H,7-8,11-12H2,1-5H3/t13-,14+/m0/s1. The second-order valence-electron chi connectivity index (χ2n) is 7.21. The molecular formula is C17H29N3O2. The second-order valence-corrected chi connectivity index (χ2v) is 7.21. The molecule has 1 aromatic heterocycles. The smallest absolute Gasteiger partial charge is 0.410 e. The zero-order valence-corrected chi connectivity index (χ0v) is 14.4. The van der Waals surface area contributed by atoms with Crippen molar-refractivity contribution in [2.75, 3.05) is 20.1 Å². The summed E-state index contributed by atoms with van der Waals surface area (Å²) >= 11 is 0. The Balaban J connectivity index is 1.94. The lowest BCUT2D eigenvalue weighted by molar-refractivity contribution is 0.0193. The summed E-state index contributed by atoms with van der Waals surface area (Å²) in [4.78, 5) is 19.8. The van der Waals surface area contributed by atoms with Gasteiger partial charge in [0.25, 0.3) is 0 Å². The number of ether oxygens (including phenoxy) is 1. The topological polar surface area (TPSA) is 48.6 Å². The third kappa shape index (κ3) is 4.26. The number of aromatic amines is 1. The molecule has 2 atom stereocenters. The van der Waals surface area contributed by atoms with Gasteiger partial charge in [-0.1, -0.05) is 0 Å². The highest BCUT2D eigenvalue weighted by Crippen LogP contribution is 2.24. The molecule has 0 saturated carbocycles. The van der Waals surface area contributed by atoms with Crippen molar-refractivity contribution in [3.8, 4) is 0 Å². The average Bonchev–Trinajstić information content (AvgIpc) is 3.06. The normalized spacial score (nSPS) is 20.5. The molecule has 1 aliphatic rings. The lowest BCUT2D eigenvalue weighted by Crippen LogP contribution is -2.44. The summed E-state index contributed by atoms with van der Waals surface area (Å²) in [6, 6.07) is 4.65. The highest BCUT2D eigenvalue weighted by molar-refractivity contribution is 5.69. The second kappa shape index (κ2) is 6.73. The molecule has 0 spiro atoms. The number of aromatic nitrogens is 1. The van der Waals surface area contributed by atoms with E-state index in [1.807, 2.05) is 37.9 Å². The van der Waals surface area contributed by atoms with Crippen molar-refractivity contribution in [1.82, 2.24) is 14.8 Å². The van der Waals surface area contributed by atoms with Crippen molar-refractivity contribution in [2.24, 2.45) is 0 Å². The van der Waals surface area contributed by atoms with E-state index in [1.165, 1.54) is 5.69 Å². The van der Waals surface area contributed by atoms with Crippen LogP contribution >= 0.6 is 0 Å². The molecule has 1 saturated heterocycles. The van der Waals surface area contributed by atoms with E-state index in [2.05, 4.69) is 29.9 Å².